The molecule has 0 N–H and O–H groups in total. The van der Waals surface area contributed by atoms with Crippen molar-refractivity contribution in [1.29, 1.82) is 0 Å². The van der Waals surface area contributed by atoms with E-state index in [4.69, 9.17) is 4.74 Å². The Labute approximate surface area is 121 Å². The maximum absolute atomic E-state index is 12.7. The van der Waals surface area contributed by atoms with E-state index in [0.29, 0.717) is 11.3 Å². The van der Waals surface area contributed by atoms with E-state index in [1.54, 1.807) is 18.3 Å². The number of methoxy groups -OCH3 is 1. The summed E-state index contributed by atoms with van der Waals surface area (Å²) >= 11 is 0. The summed E-state index contributed by atoms with van der Waals surface area (Å²) in [4.78, 5) is 16.7. The molecule has 2 aromatic heterocycles. The van der Waals surface area contributed by atoms with E-state index in [1.165, 1.54) is 18.0 Å². The Balaban J connectivity index is 2.06. The van der Waals surface area contributed by atoms with Crippen LogP contribution in [0.1, 0.15) is 16.1 Å². The lowest BCUT2D eigenvalue weighted by atomic mass is 10.1. The van der Waals surface area contributed by atoms with E-state index in [9.17, 15) is 4.79 Å². The Morgan fingerprint density at radius 2 is 1.95 bits per heavy atom. The van der Waals surface area contributed by atoms with Crippen molar-refractivity contribution in [3.05, 3.63) is 66.1 Å². The molecule has 0 aliphatic carbocycles. The largest absolute Gasteiger partial charge is 0.480 e. The van der Waals surface area contributed by atoms with Gasteiger partial charge < -0.3 is 4.74 Å². The average Bonchev–Trinajstić information content (AvgIpc) is 3.04. The van der Waals surface area contributed by atoms with Crippen LogP contribution in [0.2, 0.25) is 0 Å². The summed E-state index contributed by atoms with van der Waals surface area (Å²) in [6.45, 7) is 0. The highest BCUT2D eigenvalue weighted by molar-refractivity contribution is 6.09. The molecule has 1 aromatic carbocycles. The summed E-state index contributed by atoms with van der Waals surface area (Å²) in [5.74, 6) is 0.0390. The van der Waals surface area contributed by atoms with Crippen LogP contribution in [0.3, 0.4) is 0 Å². The maximum atomic E-state index is 12.7. The van der Waals surface area contributed by atoms with Gasteiger partial charge in [-0.1, -0.05) is 23.4 Å². The van der Waals surface area contributed by atoms with Crippen LogP contribution in [0, 0.1) is 0 Å². The van der Waals surface area contributed by atoms with Gasteiger partial charge in [-0.15, -0.1) is 5.10 Å². The second-order valence-electron chi connectivity index (χ2n) is 4.26. The number of ketones is 1. The Morgan fingerprint density at radius 1 is 1.14 bits per heavy atom. The van der Waals surface area contributed by atoms with Crippen molar-refractivity contribution in [3.63, 3.8) is 0 Å². The molecule has 0 bridgehead atoms. The van der Waals surface area contributed by atoms with Crippen molar-refractivity contribution < 1.29 is 9.53 Å². The molecule has 0 saturated heterocycles. The quantitative estimate of drug-likeness (QED) is 0.683. The third-order valence-corrected chi connectivity index (χ3v) is 2.99. The first-order valence-electron chi connectivity index (χ1n) is 6.31. The molecule has 0 aliphatic rings. The number of nitrogens with zero attached hydrogens (tertiary/aromatic N) is 4. The molecule has 0 amide bonds. The van der Waals surface area contributed by atoms with Gasteiger partial charge in [0.1, 0.15) is 5.69 Å². The number of para-hydroxylation sites is 1. The standard InChI is InChI=1S/C15H12N4O2/c1-21-15-12(8-5-9-16-15)14(20)13-10-17-18-19(13)11-6-3-2-4-7-11/h2-10H,1H3. The molecule has 3 aromatic rings. The molecule has 21 heavy (non-hydrogen) atoms. The van der Waals surface area contributed by atoms with E-state index >= 15 is 0 Å². The summed E-state index contributed by atoms with van der Waals surface area (Å²) < 4.78 is 6.62. The number of pyridine rings is 1. The number of ether oxygens (including phenoxy) is 1. The minimum absolute atomic E-state index is 0.242. The van der Waals surface area contributed by atoms with Gasteiger partial charge in [0.15, 0.2) is 0 Å². The van der Waals surface area contributed by atoms with Crippen LogP contribution in [-0.4, -0.2) is 32.9 Å². The molecule has 0 aliphatic heterocycles. The van der Waals surface area contributed by atoms with Crippen LogP contribution in [0.5, 0.6) is 5.88 Å². The summed E-state index contributed by atoms with van der Waals surface area (Å²) in [6, 6.07) is 12.7. The van der Waals surface area contributed by atoms with Crippen molar-refractivity contribution in [1.82, 2.24) is 20.0 Å². The molecule has 2 heterocycles. The molecular weight excluding hydrogens is 268 g/mol. The van der Waals surface area contributed by atoms with Crippen LogP contribution < -0.4 is 4.74 Å². The van der Waals surface area contributed by atoms with E-state index in [2.05, 4.69) is 15.3 Å². The van der Waals surface area contributed by atoms with Gasteiger partial charge in [0.2, 0.25) is 11.7 Å². The number of carbonyl (C=O) groups is 1. The van der Waals surface area contributed by atoms with Gasteiger partial charge in [0.05, 0.1) is 24.6 Å². The number of hydrogen-bond donors (Lipinski definition) is 0. The molecule has 0 spiro atoms. The van der Waals surface area contributed by atoms with E-state index in [0.717, 1.165) is 5.69 Å². The van der Waals surface area contributed by atoms with Gasteiger partial charge >= 0.3 is 0 Å². The molecule has 6 heteroatoms. The fraction of sp³-hybridized carbons (Fsp3) is 0.0667. The highest BCUT2D eigenvalue weighted by Crippen LogP contribution is 2.19. The molecule has 0 saturated carbocycles. The fourth-order valence-electron chi connectivity index (χ4n) is 2.01. The number of rotatable bonds is 4. The van der Waals surface area contributed by atoms with Gasteiger partial charge in [-0.05, 0) is 24.3 Å². The van der Waals surface area contributed by atoms with E-state index < -0.39 is 0 Å². The van der Waals surface area contributed by atoms with Crippen LogP contribution in [0.25, 0.3) is 5.69 Å². The van der Waals surface area contributed by atoms with Crippen molar-refractivity contribution in [3.8, 4) is 11.6 Å². The zero-order chi connectivity index (χ0) is 14.7. The molecule has 6 nitrogen and oxygen atoms in total. The van der Waals surface area contributed by atoms with Crippen molar-refractivity contribution in [2.75, 3.05) is 7.11 Å². The van der Waals surface area contributed by atoms with Gasteiger partial charge in [0.25, 0.3) is 0 Å². The van der Waals surface area contributed by atoms with Gasteiger partial charge in [-0.2, -0.15) is 0 Å². The van der Waals surface area contributed by atoms with Crippen LogP contribution >= 0.6 is 0 Å². The Bertz CT molecular complexity index is 768. The molecule has 0 unspecified atom stereocenters. The fourth-order valence-corrected chi connectivity index (χ4v) is 2.01. The first-order valence-corrected chi connectivity index (χ1v) is 6.31. The van der Waals surface area contributed by atoms with Crippen LogP contribution in [0.15, 0.2) is 54.9 Å². The number of benzene rings is 1. The topological polar surface area (TPSA) is 69.9 Å². The Morgan fingerprint density at radius 3 is 2.71 bits per heavy atom. The number of aromatic nitrogens is 4. The maximum Gasteiger partial charge on any atom is 0.224 e. The third-order valence-electron chi connectivity index (χ3n) is 2.99. The molecule has 0 fully saturated rings. The second-order valence-corrected chi connectivity index (χ2v) is 4.26. The van der Waals surface area contributed by atoms with Crippen molar-refractivity contribution in [2.45, 2.75) is 0 Å². The monoisotopic (exact) mass is 280 g/mol. The molecule has 3 rings (SSSR count). The van der Waals surface area contributed by atoms with E-state index in [1.807, 2.05) is 30.3 Å². The summed E-state index contributed by atoms with van der Waals surface area (Å²) in [5.41, 5.74) is 1.49. The van der Waals surface area contributed by atoms with Gasteiger partial charge in [-0.3, -0.25) is 4.79 Å². The molecule has 0 atom stereocenters. The average molecular weight is 280 g/mol. The van der Waals surface area contributed by atoms with Crippen LogP contribution in [0.4, 0.5) is 0 Å². The van der Waals surface area contributed by atoms with Crippen molar-refractivity contribution in [2.24, 2.45) is 0 Å². The summed E-state index contributed by atoms with van der Waals surface area (Å²) in [5, 5.41) is 7.80. The normalized spacial score (nSPS) is 10.3. The predicted molar refractivity (Wildman–Crippen MR) is 75.6 cm³/mol. The number of carbonyl (C=O) groups excluding carboxylic acids is 1. The van der Waals surface area contributed by atoms with E-state index in [-0.39, 0.29) is 11.7 Å². The van der Waals surface area contributed by atoms with Crippen molar-refractivity contribution >= 4 is 5.78 Å². The minimum atomic E-state index is -0.242. The lowest BCUT2D eigenvalue weighted by Gasteiger charge is -2.07. The lowest BCUT2D eigenvalue weighted by molar-refractivity contribution is 0.102. The Hall–Kier alpha value is -3.02. The van der Waals surface area contributed by atoms with Gasteiger partial charge in [-0.25, -0.2) is 9.67 Å². The highest BCUT2D eigenvalue weighted by Gasteiger charge is 2.20. The Kier molecular flexibility index (Phi) is 3.42. The number of hydrogen-bond acceptors (Lipinski definition) is 5. The zero-order valence-electron chi connectivity index (χ0n) is 11.3. The smallest absolute Gasteiger partial charge is 0.224 e. The first kappa shape index (κ1) is 13.0. The predicted octanol–water partition coefficient (Wildman–Crippen LogP) is 1.90. The lowest BCUT2D eigenvalue weighted by Crippen LogP contribution is -2.11. The minimum Gasteiger partial charge on any atom is -0.480 e. The molecular formula is C15H12N4O2. The summed E-state index contributed by atoms with van der Waals surface area (Å²) in [7, 11) is 1.48. The van der Waals surface area contributed by atoms with Gasteiger partial charge in [0, 0.05) is 6.20 Å². The van der Waals surface area contributed by atoms with Crippen LogP contribution in [-0.2, 0) is 0 Å². The first-order chi connectivity index (χ1) is 10.3. The molecule has 0 radical (unpaired) electrons. The molecule has 104 valence electrons. The second kappa shape index (κ2) is 5.54. The third kappa shape index (κ3) is 2.38. The SMILES string of the molecule is COc1ncccc1C(=O)c1cnnn1-c1ccccc1. The zero-order valence-corrected chi connectivity index (χ0v) is 11.3. The highest BCUT2D eigenvalue weighted by atomic mass is 16.5. The summed E-state index contributed by atoms with van der Waals surface area (Å²) in [6.07, 6.45) is 3.00.